The van der Waals surface area contributed by atoms with Crippen LogP contribution in [-0.2, 0) is 6.54 Å². The van der Waals surface area contributed by atoms with Crippen LogP contribution in [0.5, 0.6) is 0 Å². The highest BCUT2D eigenvalue weighted by molar-refractivity contribution is 5.88. The summed E-state index contributed by atoms with van der Waals surface area (Å²) in [5.41, 5.74) is 11.7. The Morgan fingerprint density at radius 1 is 1.03 bits per heavy atom. The number of nitrogens with zero attached hydrogens (tertiary/aromatic N) is 5. The largest absolute Gasteiger partial charge is 0.428 e. The summed E-state index contributed by atoms with van der Waals surface area (Å²) in [6.45, 7) is 3.96. The number of pyridine rings is 2. The SMILES string of the molecule is Cc1cc(-c2c(-c3ccccc3)nc(N)[n+]3c(=O)n(Cc4ccc(F)cn4)[nH]c23)cc(C)n1. The van der Waals surface area contributed by atoms with Crippen LogP contribution in [0.25, 0.3) is 28.0 Å². The summed E-state index contributed by atoms with van der Waals surface area (Å²) in [5.74, 6) is -0.383. The van der Waals surface area contributed by atoms with Gasteiger partial charge in [-0.05, 0) is 43.7 Å². The third-order valence-corrected chi connectivity index (χ3v) is 5.34. The Labute approximate surface area is 188 Å². The fourth-order valence-corrected chi connectivity index (χ4v) is 3.98. The summed E-state index contributed by atoms with van der Waals surface area (Å²) >= 11 is 0. The maximum Gasteiger partial charge on any atom is 0.428 e. The number of benzene rings is 1. The molecule has 8 nitrogen and oxygen atoms in total. The molecule has 0 aliphatic heterocycles. The van der Waals surface area contributed by atoms with E-state index in [1.807, 2.05) is 56.3 Å². The topological polar surface area (TPSA) is 107 Å². The van der Waals surface area contributed by atoms with Gasteiger partial charge in [-0.25, -0.2) is 14.3 Å². The minimum atomic E-state index is -0.441. The third kappa shape index (κ3) is 3.73. The quantitative estimate of drug-likeness (QED) is 0.416. The van der Waals surface area contributed by atoms with Gasteiger partial charge in [0.1, 0.15) is 18.1 Å². The summed E-state index contributed by atoms with van der Waals surface area (Å²) in [7, 11) is 0. The van der Waals surface area contributed by atoms with Crippen molar-refractivity contribution >= 4 is 11.6 Å². The van der Waals surface area contributed by atoms with E-state index in [4.69, 9.17) is 5.73 Å². The molecular formula is C24H21FN7O+. The predicted molar refractivity (Wildman–Crippen MR) is 122 cm³/mol. The first-order valence-corrected chi connectivity index (χ1v) is 10.4. The number of nitrogens with one attached hydrogen (secondary N) is 1. The molecule has 5 aromatic rings. The average Bonchev–Trinajstić information content (AvgIpc) is 3.11. The third-order valence-electron chi connectivity index (χ3n) is 5.34. The van der Waals surface area contributed by atoms with Crippen molar-refractivity contribution in [2.24, 2.45) is 0 Å². The zero-order valence-corrected chi connectivity index (χ0v) is 18.1. The molecule has 0 aliphatic rings. The second-order valence-electron chi connectivity index (χ2n) is 7.83. The van der Waals surface area contributed by atoms with E-state index in [1.54, 1.807) is 0 Å². The smallest absolute Gasteiger partial charge is 0.319 e. The Bertz CT molecular complexity index is 1520. The Hall–Kier alpha value is -4.40. The van der Waals surface area contributed by atoms with Gasteiger partial charge < -0.3 is 5.73 Å². The molecule has 0 bridgehead atoms. The standard InChI is InChI=1S/C24H20FN7O/c1-14-10-17(11-15(2)28-14)20-21(16-6-4-3-5-7-16)29-23(26)32-22(20)30-31(24(32)33)13-19-9-8-18(25)12-27-19/h3-12H,13H2,1-2H3,(H2,26,28,29,30)/p+1. The van der Waals surface area contributed by atoms with Crippen molar-refractivity contribution in [1.82, 2.24) is 24.7 Å². The highest BCUT2D eigenvalue weighted by Gasteiger charge is 2.26. The Kier molecular flexibility index (Phi) is 4.93. The Morgan fingerprint density at radius 3 is 2.42 bits per heavy atom. The molecule has 0 unspecified atom stereocenters. The second kappa shape index (κ2) is 7.94. The van der Waals surface area contributed by atoms with Gasteiger partial charge in [0.05, 0.1) is 17.5 Å². The lowest BCUT2D eigenvalue weighted by atomic mass is 9.99. The number of aromatic amines is 1. The molecule has 0 amide bonds. The molecule has 164 valence electrons. The number of fused-ring (bicyclic) bond motifs is 1. The molecular weight excluding hydrogens is 421 g/mol. The van der Waals surface area contributed by atoms with Gasteiger partial charge in [0.15, 0.2) is 0 Å². The van der Waals surface area contributed by atoms with Gasteiger partial charge in [-0.15, -0.1) is 9.38 Å². The van der Waals surface area contributed by atoms with E-state index >= 15 is 0 Å². The van der Waals surface area contributed by atoms with Crippen molar-refractivity contribution in [2.75, 3.05) is 5.73 Å². The number of rotatable bonds is 4. The van der Waals surface area contributed by atoms with E-state index in [9.17, 15) is 9.18 Å². The highest BCUT2D eigenvalue weighted by Crippen LogP contribution is 2.33. The van der Waals surface area contributed by atoms with E-state index in [1.165, 1.54) is 21.2 Å². The number of halogens is 1. The number of anilines is 1. The van der Waals surface area contributed by atoms with E-state index in [0.717, 1.165) is 34.3 Å². The second-order valence-corrected chi connectivity index (χ2v) is 7.83. The summed E-state index contributed by atoms with van der Waals surface area (Å²) in [6, 6.07) is 16.4. The molecule has 0 saturated carbocycles. The summed E-state index contributed by atoms with van der Waals surface area (Å²) in [5, 5.41) is 3.18. The monoisotopic (exact) mass is 442 g/mol. The first-order chi connectivity index (χ1) is 15.9. The summed E-state index contributed by atoms with van der Waals surface area (Å²) in [6.07, 6.45) is 1.12. The molecule has 0 radical (unpaired) electrons. The van der Waals surface area contributed by atoms with Crippen molar-refractivity contribution < 1.29 is 8.79 Å². The molecule has 0 spiro atoms. The van der Waals surface area contributed by atoms with Crippen LogP contribution in [0.3, 0.4) is 0 Å². The van der Waals surface area contributed by atoms with Gasteiger partial charge in [-0.1, -0.05) is 30.3 Å². The number of nitrogen functional groups attached to an aromatic ring is 1. The van der Waals surface area contributed by atoms with Gasteiger partial charge in [-0.2, -0.15) is 4.68 Å². The first-order valence-electron chi connectivity index (χ1n) is 10.4. The van der Waals surface area contributed by atoms with Crippen LogP contribution < -0.4 is 15.8 Å². The van der Waals surface area contributed by atoms with Crippen LogP contribution in [0, 0.1) is 19.7 Å². The van der Waals surface area contributed by atoms with Gasteiger partial charge >= 0.3 is 11.6 Å². The van der Waals surface area contributed by atoms with Crippen molar-refractivity contribution in [1.29, 1.82) is 0 Å². The number of aromatic nitrogens is 6. The van der Waals surface area contributed by atoms with Crippen molar-refractivity contribution in [2.45, 2.75) is 20.4 Å². The van der Waals surface area contributed by atoms with Crippen LogP contribution in [-0.4, -0.2) is 24.7 Å². The molecule has 5 rings (SSSR count). The molecule has 4 heterocycles. The zero-order chi connectivity index (χ0) is 23.1. The van der Waals surface area contributed by atoms with E-state index in [0.29, 0.717) is 17.0 Å². The van der Waals surface area contributed by atoms with Gasteiger partial charge in [0.2, 0.25) is 5.65 Å². The number of hydrogen-bond acceptors (Lipinski definition) is 5. The van der Waals surface area contributed by atoms with Crippen molar-refractivity contribution in [3.63, 3.8) is 0 Å². The Balaban J connectivity index is 1.81. The number of aryl methyl sites for hydroxylation is 2. The minimum Gasteiger partial charge on any atom is -0.319 e. The fraction of sp³-hybridized carbons (Fsp3) is 0.125. The van der Waals surface area contributed by atoms with Gasteiger partial charge in [-0.3, -0.25) is 9.97 Å². The molecule has 3 N–H and O–H groups in total. The maximum absolute atomic E-state index is 13.3. The molecule has 4 aromatic heterocycles. The van der Waals surface area contributed by atoms with Crippen LogP contribution in [0.15, 0.2) is 65.6 Å². The molecule has 9 heteroatoms. The molecule has 1 aromatic carbocycles. The van der Waals surface area contributed by atoms with Crippen LogP contribution in [0.2, 0.25) is 0 Å². The lowest BCUT2D eigenvalue weighted by Gasteiger charge is -2.10. The molecule has 33 heavy (non-hydrogen) atoms. The summed E-state index contributed by atoms with van der Waals surface area (Å²) < 4.78 is 16.0. The number of hydrogen-bond donors (Lipinski definition) is 2. The van der Waals surface area contributed by atoms with Crippen LogP contribution in [0.1, 0.15) is 17.1 Å². The lowest BCUT2D eigenvalue weighted by molar-refractivity contribution is -0.516. The molecule has 0 fully saturated rings. The molecule has 0 aliphatic carbocycles. The highest BCUT2D eigenvalue weighted by atomic mass is 19.1. The number of nitrogens with two attached hydrogens (primary N) is 1. The number of H-pyrrole nitrogens is 1. The normalized spacial score (nSPS) is 11.2. The Morgan fingerprint density at radius 2 is 1.76 bits per heavy atom. The van der Waals surface area contributed by atoms with Gasteiger partial charge in [0.25, 0.3) is 0 Å². The minimum absolute atomic E-state index is 0.0576. The van der Waals surface area contributed by atoms with Crippen molar-refractivity contribution in [3.8, 4) is 22.4 Å². The summed E-state index contributed by atoms with van der Waals surface area (Å²) in [4.78, 5) is 26.4. The first kappa shape index (κ1) is 20.5. The average molecular weight is 442 g/mol. The molecule has 0 atom stereocenters. The fourth-order valence-electron chi connectivity index (χ4n) is 3.98. The van der Waals surface area contributed by atoms with Gasteiger partial charge in [0, 0.05) is 17.0 Å². The van der Waals surface area contributed by atoms with Crippen LogP contribution in [0.4, 0.5) is 10.3 Å². The maximum atomic E-state index is 13.3. The van der Waals surface area contributed by atoms with Crippen molar-refractivity contribution in [3.05, 3.63) is 94.2 Å². The van der Waals surface area contributed by atoms with E-state index in [2.05, 4.69) is 20.1 Å². The molecule has 0 saturated heterocycles. The zero-order valence-electron chi connectivity index (χ0n) is 18.1. The lowest BCUT2D eigenvalue weighted by Crippen LogP contribution is -2.44. The van der Waals surface area contributed by atoms with Crippen LogP contribution >= 0.6 is 0 Å². The van der Waals surface area contributed by atoms with E-state index in [-0.39, 0.29) is 12.5 Å². The van der Waals surface area contributed by atoms with E-state index < -0.39 is 11.5 Å². The predicted octanol–water partition coefficient (Wildman–Crippen LogP) is 2.82.